The molecule has 96 valence electrons. The van der Waals surface area contributed by atoms with E-state index in [1.165, 1.54) is 6.26 Å². The van der Waals surface area contributed by atoms with E-state index in [2.05, 4.69) is 5.32 Å². The molecule has 1 rings (SSSR count). The summed E-state index contributed by atoms with van der Waals surface area (Å²) in [4.78, 5) is 0.345. The molecule has 0 aliphatic carbocycles. The Labute approximate surface area is 108 Å². The average molecular weight is 276 g/mol. The lowest BCUT2D eigenvalue weighted by molar-refractivity contribution is 0.602. The fraction of sp³-hybridized carbons (Fsp3) is 0.500. The highest BCUT2D eigenvalue weighted by molar-refractivity contribution is 7.90. The highest BCUT2D eigenvalue weighted by Gasteiger charge is 2.05. The highest BCUT2D eigenvalue weighted by atomic mass is 35.5. The molecule has 0 radical (unpaired) electrons. The van der Waals surface area contributed by atoms with E-state index in [-0.39, 0.29) is 5.38 Å². The van der Waals surface area contributed by atoms with Gasteiger partial charge in [-0.05, 0) is 44.0 Å². The molecule has 17 heavy (non-hydrogen) atoms. The van der Waals surface area contributed by atoms with E-state index < -0.39 is 9.84 Å². The van der Waals surface area contributed by atoms with E-state index in [0.717, 1.165) is 25.1 Å². The Hall–Kier alpha value is -0.740. The Morgan fingerprint density at radius 3 is 2.35 bits per heavy atom. The van der Waals surface area contributed by atoms with Crippen molar-refractivity contribution in [2.24, 2.45) is 0 Å². The fourth-order valence-corrected chi connectivity index (χ4v) is 2.22. The van der Waals surface area contributed by atoms with Gasteiger partial charge in [-0.1, -0.05) is 0 Å². The zero-order valence-electron chi connectivity index (χ0n) is 10.1. The molecule has 1 unspecified atom stereocenters. The van der Waals surface area contributed by atoms with Crippen LogP contribution in [0, 0.1) is 0 Å². The van der Waals surface area contributed by atoms with Crippen LogP contribution in [0.5, 0.6) is 0 Å². The number of anilines is 1. The number of rotatable bonds is 6. The summed E-state index contributed by atoms with van der Waals surface area (Å²) in [6.07, 6.45) is 3.17. The SMILES string of the molecule is CC(Cl)CCCNc1ccc(S(C)(=O)=O)cc1. The van der Waals surface area contributed by atoms with Crippen molar-refractivity contribution in [2.45, 2.75) is 30.0 Å². The lowest BCUT2D eigenvalue weighted by atomic mass is 10.2. The van der Waals surface area contributed by atoms with Gasteiger partial charge in [-0.2, -0.15) is 0 Å². The first kappa shape index (κ1) is 14.3. The molecular formula is C12H18ClNO2S. The van der Waals surface area contributed by atoms with Crippen LogP contribution < -0.4 is 5.32 Å². The molecule has 0 amide bonds. The third-order valence-corrected chi connectivity index (χ3v) is 3.74. The van der Waals surface area contributed by atoms with Crippen LogP contribution in [0.2, 0.25) is 0 Å². The molecule has 0 saturated heterocycles. The minimum absolute atomic E-state index is 0.199. The van der Waals surface area contributed by atoms with E-state index in [9.17, 15) is 8.42 Å². The minimum Gasteiger partial charge on any atom is -0.385 e. The molecular weight excluding hydrogens is 258 g/mol. The fourth-order valence-electron chi connectivity index (χ4n) is 1.44. The van der Waals surface area contributed by atoms with Crippen LogP contribution in [0.1, 0.15) is 19.8 Å². The summed E-state index contributed by atoms with van der Waals surface area (Å²) in [5.41, 5.74) is 0.930. The Morgan fingerprint density at radius 1 is 1.29 bits per heavy atom. The molecule has 0 spiro atoms. The number of sulfone groups is 1. The smallest absolute Gasteiger partial charge is 0.175 e. The van der Waals surface area contributed by atoms with Gasteiger partial charge in [0.1, 0.15) is 0 Å². The van der Waals surface area contributed by atoms with E-state index in [1.54, 1.807) is 24.3 Å². The second-order valence-electron chi connectivity index (χ2n) is 4.15. The van der Waals surface area contributed by atoms with Crippen LogP contribution in [0.15, 0.2) is 29.2 Å². The van der Waals surface area contributed by atoms with Crippen LogP contribution in [0.3, 0.4) is 0 Å². The van der Waals surface area contributed by atoms with Crippen LogP contribution in [-0.2, 0) is 9.84 Å². The summed E-state index contributed by atoms with van der Waals surface area (Å²) >= 11 is 5.84. The number of halogens is 1. The monoisotopic (exact) mass is 275 g/mol. The summed E-state index contributed by atoms with van der Waals surface area (Å²) in [7, 11) is -3.10. The van der Waals surface area contributed by atoms with E-state index >= 15 is 0 Å². The molecule has 5 heteroatoms. The van der Waals surface area contributed by atoms with Crippen molar-refractivity contribution in [2.75, 3.05) is 18.1 Å². The van der Waals surface area contributed by atoms with Crippen LogP contribution in [0.4, 0.5) is 5.69 Å². The summed E-state index contributed by atoms with van der Waals surface area (Å²) in [5, 5.41) is 3.42. The third kappa shape index (κ3) is 5.41. The highest BCUT2D eigenvalue weighted by Crippen LogP contribution is 2.14. The Bertz CT molecular complexity index is 440. The molecule has 1 aromatic rings. The number of benzene rings is 1. The molecule has 0 heterocycles. The van der Waals surface area contributed by atoms with Crippen molar-refractivity contribution in [3.63, 3.8) is 0 Å². The predicted octanol–water partition coefficient (Wildman–Crippen LogP) is 2.91. The predicted molar refractivity (Wildman–Crippen MR) is 72.6 cm³/mol. The molecule has 0 aliphatic rings. The largest absolute Gasteiger partial charge is 0.385 e. The van der Waals surface area contributed by atoms with Crippen molar-refractivity contribution in [3.8, 4) is 0 Å². The topological polar surface area (TPSA) is 46.2 Å². The Balaban J connectivity index is 2.46. The van der Waals surface area contributed by atoms with Crippen molar-refractivity contribution in [3.05, 3.63) is 24.3 Å². The molecule has 0 aliphatic heterocycles. The molecule has 0 fully saturated rings. The maximum Gasteiger partial charge on any atom is 0.175 e. The van der Waals surface area contributed by atoms with Crippen LogP contribution in [-0.4, -0.2) is 26.6 Å². The van der Waals surface area contributed by atoms with Crippen molar-refractivity contribution < 1.29 is 8.42 Å². The second kappa shape index (κ2) is 6.26. The zero-order valence-corrected chi connectivity index (χ0v) is 11.7. The Kier molecular flexibility index (Phi) is 5.28. The molecule has 1 N–H and O–H groups in total. The van der Waals surface area contributed by atoms with Gasteiger partial charge in [0.2, 0.25) is 0 Å². The molecule has 1 atom stereocenters. The van der Waals surface area contributed by atoms with Gasteiger partial charge >= 0.3 is 0 Å². The zero-order chi connectivity index (χ0) is 12.9. The molecule has 3 nitrogen and oxygen atoms in total. The normalized spacial score (nSPS) is 13.4. The molecule has 0 saturated carbocycles. The van der Waals surface area contributed by atoms with Gasteiger partial charge in [0.15, 0.2) is 9.84 Å². The van der Waals surface area contributed by atoms with Crippen molar-refractivity contribution in [1.82, 2.24) is 0 Å². The first-order valence-electron chi connectivity index (χ1n) is 5.57. The van der Waals surface area contributed by atoms with Gasteiger partial charge in [0.25, 0.3) is 0 Å². The number of nitrogens with one attached hydrogen (secondary N) is 1. The van der Waals surface area contributed by atoms with E-state index in [0.29, 0.717) is 4.90 Å². The van der Waals surface area contributed by atoms with Gasteiger partial charge in [0.05, 0.1) is 4.90 Å². The van der Waals surface area contributed by atoms with Crippen molar-refractivity contribution in [1.29, 1.82) is 0 Å². The second-order valence-corrected chi connectivity index (χ2v) is 6.91. The van der Waals surface area contributed by atoms with Gasteiger partial charge in [-0.3, -0.25) is 0 Å². The van der Waals surface area contributed by atoms with E-state index in [4.69, 9.17) is 11.6 Å². The number of hydrogen-bond donors (Lipinski definition) is 1. The van der Waals surface area contributed by atoms with Crippen LogP contribution >= 0.6 is 11.6 Å². The molecule has 0 bridgehead atoms. The minimum atomic E-state index is -3.10. The summed E-state index contributed by atoms with van der Waals surface area (Å²) in [5.74, 6) is 0. The maximum absolute atomic E-state index is 11.2. The summed E-state index contributed by atoms with van der Waals surface area (Å²) in [6.45, 7) is 2.82. The van der Waals surface area contributed by atoms with Gasteiger partial charge in [0, 0.05) is 23.9 Å². The lowest BCUT2D eigenvalue weighted by Crippen LogP contribution is -2.04. The maximum atomic E-state index is 11.2. The lowest BCUT2D eigenvalue weighted by Gasteiger charge is -2.07. The number of alkyl halides is 1. The molecule has 0 aromatic heterocycles. The van der Waals surface area contributed by atoms with Gasteiger partial charge < -0.3 is 5.32 Å². The van der Waals surface area contributed by atoms with Gasteiger partial charge in [-0.15, -0.1) is 11.6 Å². The number of hydrogen-bond acceptors (Lipinski definition) is 3. The quantitative estimate of drug-likeness (QED) is 0.641. The first-order chi connectivity index (χ1) is 7.89. The van der Waals surface area contributed by atoms with E-state index in [1.807, 2.05) is 6.92 Å². The standard InChI is InChI=1S/C12H18ClNO2S/c1-10(13)4-3-9-14-11-5-7-12(8-6-11)17(2,15)16/h5-8,10,14H,3-4,9H2,1-2H3. The van der Waals surface area contributed by atoms with Crippen LogP contribution in [0.25, 0.3) is 0 Å². The third-order valence-electron chi connectivity index (χ3n) is 2.39. The average Bonchev–Trinajstić information content (AvgIpc) is 2.23. The molecule has 1 aromatic carbocycles. The van der Waals surface area contributed by atoms with Crippen molar-refractivity contribution >= 4 is 27.1 Å². The Morgan fingerprint density at radius 2 is 1.88 bits per heavy atom. The summed E-state index contributed by atoms with van der Waals surface area (Å²) in [6, 6.07) is 6.78. The summed E-state index contributed by atoms with van der Waals surface area (Å²) < 4.78 is 22.5. The van der Waals surface area contributed by atoms with Gasteiger partial charge in [-0.25, -0.2) is 8.42 Å². The first-order valence-corrected chi connectivity index (χ1v) is 7.90.